The molecule has 0 atom stereocenters. The summed E-state index contributed by atoms with van der Waals surface area (Å²) >= 11 is 0. The molecular formula is C13H31N. The maximum Gasteiger partial charge on any atom is 0.000466 e. The number of unbranched alkanes of at least 4 members (excludes halogenated alkanes) is 4. The predicted molar refractivity (Wildman–Crippen MR) is 69.4 cm³/mol. The van der Waals surface area contributed by atoms with Crippen molar-refractivity contribution >= 4 is 0 Å². The van der Waals surface area contributed by atoms with Crippen LogP contribution in [0.2, 0.25) is 0 Å². The lowest BCUT2D eigenvalue weighted by atomic mass is 10.2. The Morgan fingerprint density at radius 1 is 0.929 bits per heavy atom. The number of hydrogen-bond donors (Lipinski definition) is 1. The van der Waals surface area contributed by atoms with Crippen molar-refractivity contribution in [1.29, 1.82) is 0 Å². The van der Waals surface area contributed by atoms with Gasteiger partial charge in [-0.15, -0.1) is 0 Å². The van der Waals surface area contributed by atoms with E-state index in [0.29, 0.717) is 0 Å². The van der Waals surface area contributed by atoms with Gasteiger partial charge in [0.05, 0.1) is 0 Å². The van der Waals surface area contributed by atoms with Crippen LogP contribution in [0, 0.1) is 0 Å². The summed E-state index contributed by atoms with van der Waals surface area (Å²) in [4.78, 5) is 0. The van der Waals surface area contributed by atoms with Gasteiger partial charge in [-0.2, -0.15) is 0 Å². The van der Waals surface area contributed by atoms with Gasteiger partial charge in [0, 0.05) is 5.70 Å². The molecule has 0 bridgehead atoms. The van der Waals surface area contributed by atoms with Crippen LogP contribution in [0.25, 0.3) is 0 Å². The molecule has 0 aliphatic heterocycles. The highest BCUT2D eigenvalue weighted by molar-refractivity contribution is 4.82. The highest BCUT2D eigenvalue weighted by atomic mass is 14.5. The van der Waals surface area contributed by atoms with Gasteiger partial charge < -0.3 is 5.73 Å². The van der Waals surface area contributed by atoms with Crippen LogP contribution in [0.4, 0.5) is 0 Å². The molecular weight excluding hydrogens is 170 g/mol. The molecule has 0 spiro atoms. The van der Waals surface area contributed by atoms with Crippen LogP contribution in [0.1, 0.15) is 73.1 Å². The van der Waals surface area contributed by atoms with Gasteiger partial charge in [-0.1, -0.05) is 73.3 Å². The summed E-state index contributed by atoms with van der Waals surface area (Å²) in [5, 5.41) is 0. The van der Waals surface area contributed by atoms with Gasteiger partial charge >= 0.3 is 0 Å². The molecule has 0 aliphatic carbocycles. The lowest BCUT2D eigenvalue weighted by Gasteiger charge is -1.90. The van der Waals surface area contributed by atoms with Crippen LogP contribution in [0.5, 0.6) is 0 Å². The normalized spacial score (nSPS) is 7.79. The molecule has 0 saturated heterocycles. The SMILES string of the molecule is C=C(N)CC.CC.CCCCCCC. The van der Waals surface area contributed by atoms with Gasteiger partial charge in [0.15, 0.2) is 0 Å². The van der Waals surface area contributed by atoms with Crippen LogP contribution in [0.15, 0.2) is 12.3 Å². The molecule has 0 fully saturated rings. The van der Waals surface area contributed by atoms with Crippen molar-refractivity contribution in [2.75, 3.05) is 0 Å². The zero-order chi connectivity index (χ0) is 11.8. The summed E-state index contributed by atoms with van der Waals surface area (Å²) < 4.78 is 0. The van der Waals surface area contributed by atoms with Gasteiger partial charge in [0.2, 0.25) is 0 Å². The maximum absolute atomic E-state index is 5.10. The van der Waals surface area contributed by atoms with Crippen molar-refractivity contribution in [2.24, 2.45) is 5.73 Å². The first-order valence-corrected chi connectivity index (χ1v) is 6.12. The van der Waals surface area contributed by atoms with Crippen LogP contribution < -0.4 is 5.73 Å². The fraction of sp³-hybridized carbons (Fsp3) is 0.846. The highest BCUT2D eigenvalue weighted by Gasteiger charge is 1.80. The second-order valence-corrected chi connectivity index (χ2v) is 3.07. The first-order chi connectivity index (χ1) is 6.68. The molecule has 0 unspecified atom stereocenters. The molecule has 0 saturated carbocycles. The topological polar surface area (TPSA) is 26.0 Å². The lowest BCUT2D eigenvalue weighted by Crippen LogP contribution is -1.89. The first-order valence-electron chi connectivity index (χ1n) is 6.12. The molecule has 1 nitrogen and oxygen atoms in total. The fourth-order valence-electron chi connectivity index (χ4n) is 0.677. The Hall–Kier alpha value is -0.460. The summed E-state index contributed by atoms with van der Waals surface area (Å²) in [6, 6.07) is 0. The first kappa shape index (κ1) is 19.2. The quantitative estimate of drug-likeness (QED) is 0.631. The fourth-order valence-corrected chi connectivity index (χ4v) is 0.677. The number of hydrogen-bond acceptors (Lipinski definition) is 1. The molecule has 0 aliphatic rings. The molecule has 0 aromatic rings. The van der Waals surface area contributed by atoms with E-state index >= 15 is 0 Å². The van der Waals surface area contributed by atoms with E-state index in [4.69, 9.17) is 5.73 Å². The molecule has 2 N–H and O–H groups in total. The molecule has 0 aromatic heterocycles. The molecule has 0 radical (unpaired) electrons. The van der Waals surface area contributed by atoms with Crippen molar-refractivity contribution in [3.05, 3.63) is 12.3 Å². The number of allylic oxidation sites excluding steroid dienone is 1. The zero-order valence-corrected chi connectivity index (χ0v) is 11.0. The van der Waals surface area contributed by atoms with Crippen LogP contribution in [0.3, 0.4) is 0 Å². The molecule has 0 amide bonds. The Balaban J connectivity index is -0.000000152. The smallest absolute Gasteiger partial charge is 0.000466 e. The van der Waals surface area contributed by atoms with Gasteiger partial charge in [0.25, 0.3) is 0 Å². The molecule has 14 heavy (non-hydrogen) atoms. The third kappa shape index (κ3) is 41.8. The molecule has 0 rings (SSSR count). The van der Waals surface area contributed by atoms with E-state index in [1.165, 1.54) is 32.1 Å². The van der Waals surface area contributed by atoms with Gasteiger partial charge in [-0.3, -0.25) is 0 Å². The van der Waals surface area contributed by atoms with Gasteiger partial charge in [0.1, 0.15) is 0 Å². The minimum atomic E-state index is 0.755. The molecule has 0 heterocycles. The predicted octanol–water partition coefficient (Wildman–Crippen LogP) is 4.87. The minimum absolute atomic E-state index is 0.755. The Morgan fingerprint density at radius 3 is 1.36 bits per heavy atom. The average Bonchev–Trinajstić information content (AvgIpc) is 2.22. The van der Waals surface area contributed by atoms with E-state index in [0.717, 1.165) is 12.1 Å². The lowest BCUT2D eigenvalue weighted by molar-refractivity contribution is 0.656. The zero-order valence-electron chi connectivity index (χ0n) is 11.0. The Labute approximate surface area is 91.8 Å². The minimum Gasteiger partial charge on any atom is -0.403 e. The molecule has 0 aromatic carbocycles. The third-order valence-corrected chi connectivity index (χ3v) is 1.66. The molecule has 88 valence electrons. The van der Waals surface area contributed by atoms with Gasteiger partial charge in [-0.25, -0.2) is 0 Å². The Morgan fingerprint density at radius 2 is 1.21 bits per heavy atom. The van der Waals surface area contributed by atoms with Crippen LogP contribution in [-0.4, -0.2) is 0 Å². The summed E-state index contributed by atoms with van der Waals surface area (Å²) in [6.45, 7) is 13.9. The van der Waals surface area contributed by atoms with Crippen molar-refractivity contribution < 1.29 is 0 Å². The monoisotopic (exact) mass is 201 g/mol. The summed E-state index contributed by atoms with van der Waals surface area (Å²) in [6.07, 6.45) is 7.90. The summed E-state index contributed by atoms with van der Waals surface area (Å²) in [5.74, 6) is 0. The number of rotatable bonds is 5. The van der Waals surface area contributed by atoms with Crippen LogP contribution >= 0.6 is 0 Å². The van der Waals surface area contributed by atoms with E-state index in [2.05, 4.69) is 20.4 Å². The Kier molecular flexibility index (Phi) is 31.3. The highest BCUT2D eigenvalue weighted by Crippen LogP contribution is 2.00. The summed E-state index contributed by atoms with van der Waals surface area (Å²) in [5.41, 5.74) is 5.85. The van der Waals surface area contributed by atoms with E-state index in [1.807, 2.05) is 20.8 Å². The number of nitrogens with two attached hydrogens (primary N) is 1. The van der Waals surface area contributed by atoms with E-state index < -0.39 is 0 Å². The van der Waals surface area contributed by atoms with Crippen LogP contribution in [-0.2, 0) is 0 Å². The second-order valence-electron chi connectivity index (χ2n) is 3.07. The largest absolute Gasteiger partial charge is 0.403 e. The van der Waals surface area contributed by atoms with Crippen molar-refractivity contribution in [2.45, 2.75) is 73.1 Å². The van der Waals surface area contributed by atoms with Crippen molar-refractivity contribution in [3.63, 3.8) is 0 Å². The van der Waals surface area contributed by atoms with E-state index in [-0.39, 0.29) is 0 Å². The second kappa shape index (κ2) is 22.9. The maximum atomic E-state index is 5.10. The third-order valence-electron chi connectivity index (χ3n) is 1.66. The van der Waals surface area contributed by atoms with E-state index in [9.17, 15) is 0 Å². The van der Waals surface area contributed by atoms with E-state index in [1.54, 1.807) is 0 Å². The standard InChI is InChI=1S/C7H16.C4H9N.C2H6/c1-3-5-7-6-4-2;1-3-4(2)5;1-2/h3-7H2,1-2H3;2-3,5H2,1H3;1-2H3. The van der Waals surface area contributed by atoms with Crippen molar-refractivity contribution in [1.82, 2.24) is 0 Å². The summed E-state index contributed by atoms with van der Waals surface area (Å²) in [7, 11) is 0. The van der Waals surface area contributed by atoms with Crippen molar-refractivity contribution in [3.8, 4) is 0 Å². The Bertz CT molecular complexity index is 83.2. The average molecular weight is 201 g/mol. The van der Waals surface area contributed by atoms with Gasteiger partial charge in [-0.05, 0) is 6.42 Å². The molecule has 1 heteroatoms.